The summed E-state index contributed by atoms with van der Waals surface area (Å²) in [5, 5.41) is 2.95. The van der Waals surface area contributed by atoms with Crippen LogP contribution in [0.2, 0.25) is 0 Å². The number of carbonyl (C=O) groups excluding carboxylic acids is 1. The minimum absolute atomic E-state index is 0.0975. The first-order chi connectivity index (χ1) is 13.7. The number of hydrogen-bond donors (Lipinski definition) is 1. The van der Waals surface area contributed by atoms with Crippen LogP contribution in [0.1, 0.15) is 10.4 Å². The summed E-state index contributed by atoms with van der Waals surface area (Å²) in [6, 6.07) is 20.0. The van der Waals surface area contributed by atoms with Crippen molar-refractivity contribution in [1.82, 2.24) is 9.88 Å². The van der Waals surface area contributed by atoms with E-state index in [1.54, 1.807) is 36.5 Å². The van der Waals surface area contributed by atoms with Gasteiger partial charge in [0.15, 0.2) is 0 Å². The van der Waals surface area contributed by atoms with Crippen LogP contribution in [0.5, 0.6) is 0 Å². The Morgan fingerprint density at radius 2 is 1.61 bits per heavy atom. The van der Waals surface area contributed by atoms with E-state index in [1.807, 2.05) is 23.1 Å². The van der Waals surface area contributed by atoms with E-state index in [2.05, 4.69) is 27.3 Å². The van der Waals surface area contributed by atoms with Crippen LogP contribution in [-0.4, -0.2) is 42.0 Å². The monoisotopic (exact) mass is 376 g/mol. The Bertz CT molecular complexity index is 956. The molecular formula is C22H21FN4O. The predicted molar refractivity (Wildman–Crippen MR) is 108 cm³/mol. The molecule has 0 atom stereocenters. The summed E-state index contributed by atoms with van der Waals surface area (Å²) >= 11 is 0. The smallest absolute Gasteiger partial charge is 0.257 e. The fourth-order valence-electron chi connectivity index (χ4n) is 3.34. The van der Waals surface area contributed by atoms with Gasteiger partial charge in [0.25, 0.3) is 5.91 Å². The Balaban J connectivity index is 1.48. The molecule has 5 nitrogen and oxygen atoms in total. The number of aromatic nitrogens is 1. The largest absolute Gasteiger partial charge is 0.368 e. The number of anilines is 3. The fraction of sp³-hybridized carbons (Fsp3) is 0.182. The summed E-state index contributed by atoms with van der Waals surface area (Å²) < 4.78 is 14.0. The second kappa shape index (κ2) is 8.08. The Kier molecular flexibility index (Phi) is 5.19. The van der Waals surface area contributed by atoms with Crippen LogP contribution in [-0.2, 0) is 0 Å². The van der Waals surface area contributed by atoms with Gasteiger partial charge in [-0.25, -0.2) is 9.37 Å². The average Bonchev–Trinajstić information content (AvgIpc) is 2.76. The van der Waals surface area contributed by atoms with E-state index in [9.17, 15) is 9.18 Å². The van der Waals surface area contributed by atoms with Crippen LogP contribution < -0.4 is 10.2 Å². The third-order valence-electron chi connectivity index (χ3n) is 4.85. The van der Waals surface area contributed by atoms with Crippen LogP contribution >= 0.6 is 0 Å². The van der Waals surface area contributed by atoms with E-state index >= 15 is 0 Å². The highest BCUT2D eigenvalue weighted by atomic mass is 19.1. The number of amides is 1. The third kappa shape index (κ3) is 3.81. The second-order valence-electron chi connectivity index (χ2n) is 6.62. The van der Waals surface area contributed by atoms with E-state index in [0.29, 0.717) is 30.2 Å². The van der Waals surface area contributed by atoms with Crippen LogP contribution in [0.3, 0.4) is 0 Å². The molecule has 1 N–H and O–H groups in total. The number of hydrogen-bond acceptors (Lipinski definition) is 4. The van der Waals surface area contributed by atoms with Crippen molar-refractivity contribution in [3.05, 3.63) is 84.3 Å². The number of carbonyl (C=O) groups is 1. The highest BCUT2D eigenvalue weighted by Crippen LogP contribution is 2.23. The summed E-state index contributed by atoms with van der Waals surface area (Å²) in [4.78, 5) is 21.4. The van der Waals surface area contributed by atoms with Gasteiger partial charge in [-0.05, 0) is 36.4 Å². The molecule has 0 aliphatic carbocycles. The average molecular weight is 376 g/mol. The maximum absolute atomic E-state index is 14.0. The minimum atomic E-state index is -0.386. The predicted octanol–water partition coefficient (Wildman–Crippen LogP) is 3.93. The van der Waals surface area contributed by atoms with Gasteiger partial charge in [-0.15, -0.1) is 0 Å². The standard InChI is InChI=1S/C22H21FN4O/c23-19-10-4-5-11-20(19)25-21-18(9-6-12-24-21)22(28)27-15-13-26(14-16-27)17-7-2-1-3-8-17/h1-12H,13-16H2,(H,24,25). The lowest BCUT2D eigenvalue weighted by atomic mass is 10.2. The van der Waals surface area contributed by atoms with Gasteiger partial charge in [0, 0.05) is 38.1 Å². The Morgan fingerprint density at radius 3 is 2.36 bits per heavy atom. The Morgan fingerprint density at radius 1 is 0.893 bits per heavy atom. The summed E-state index contributed by atoms with van der Waals surface area (Å²) in [5.41, 5.74) is 1.90. The number of halogens is 1. The van der Waals surface area contributed by atoms with Gasteiger partial charge in [0.05, 0.1) is 11.3 Å². The quantitative estimate of drug-likeness (QED) is 0.750. The zero-order valence-electron chi connectivity index (χ0n) is 15.4. The Hall–Kier alpha value is -3.41. The second-order valence-corrected chi connectivity index (χ2v) is 6.62. The molecular weight excluding hydrogens is 355 g/mol. The number of para-hydroxylation sites is 2. The number of rotatable bonds is 4. The molecule has 0 bridgehead atoms. The molecule has 6 heteroatoms. The number of benzene rings is 2. The molecule has 0 saturated carbocycles. The molecule has 1 fully saturated rings. The van der Waals surface area contributed by atoms with E-state index in [4.69, 9.17) is 0 Å². The van der Waals surface area contributed by atoms with Crippen molar-refractivity contribution in [3.8, 4) is 0 Å². The number of pyridine rings is 1. The maximum Gasteiger partial charge on any atom is 0.257 e. The van der Waals surface area contributed by atoms with Crippen LogP contribution in [0, 0.1) is 5.82 Å². The molecule has 2 aromatic carbocycles. The number of piperazine rings is 1. The van der Waals surface area contributed by atoms with Gasteiger partial charge in [0.1, 0.15) is 11.6 Å². The first-order valence-electron chi connectivity index (χ1n) is 9.28. The molecule has 3 aromatic rings. The lowest BCUT2D eigenvalue weighted by Gasteiger charge is -2.36. The summed E-state index contributed by atoms with van der Waals surface area (Å²) in [6.07, 6.45) is 1.59. The fourth-order valence-corrected chi connectivity index (χ4v) is 3.34. The van der Waals surface area contributed by atoms with Crippen molar-refractivity contribution in [2.75, 3.05) is 36.4 Å². The van der Waals surface area contributed by atoms with E-state index in [1.165, 1.54) is 6.07 Å². The molecule has 0 spiro atoms. The van der Waals surface area contributed by atoms with E-state index < -0.39 is 0 Å². The highest BCUT2D eigenvalue weighted by Gasteiger charge is 2.24. The highest BCUT2D eigenvalue weighted by molar-refractivity contribution is 5.99. The Labute approximate surface area is 163 Å². The molecule has 0 radical (unpaired) electrons. The van der Waals surface area contributed by atoms with Crippen molar-refractivity contribution in [2.24, 2.45) is 0 Å². The van der Waals surface area contributed by atoms with Gasteiger partial charge in [-0.2, -0.15) is 0 Å². The molecule has 1 saturated heterocycles. The van der Waals surface area contributed by atoms with Crippen LogP contribution in [0.4, 0.5) is 21.6 Å². The van der Waals surface area contributed by atoms with Crippen molar-refractivity contribution < 1.29 is 9.18 Å². The minimum Gasteiger partial charge on any atom is -0.368 e. The SMILES string of the molecule is O=C(c1cccnc1Nc1ccccc1F)N1CCN(c2ccccc2)CC1. The zero-order valence-corrected chi connectivity index (χ0v) is 15.4. The molecule has 28 heavy (non-hydrogen) atoms. The van der Waals surface area contributed by atoms with Crippen LogP contribution in [0.25, 0.3) is 0 Å². The van der Waals surface area contributed by atoms with E-state index in [0.717, 1.165) is 18.8 Å². The normalized spacial score (nSPS) is 14.0. The first kappa shape index (κ1) is 18.0. The summed E-state index contributed by atoms with van der Waals surface area (Å²) in [6.45, 7) is 2.79. The number of nitrogens with zero attached hydrogens (tertiary/aromatic N) is 3. The van der Waals surface area contributed by atoms with Gasteiger partial charge in [-0.1, -0.05) is 30.3 Å². The van der Waals surface area contributed by atoms with Gasteiger partial charge < -0.3 is 15.1 Å². The van der Waals surface area contributed by atoms with Gasteiger partial charge >= 0.3 is 0 Å². The molecule has 4 rings (SSSR count). The molecule has 1 aromatic heterocycles. The molecule has 142 valence electrons. The molecule has 1 amide bonds. The maximum atomic E-state index is 14.0. The lowest BCUT2D eigenvalue weighted by molar-refractivity contribution is 0.0747. The lowest BCUT2D eigenvalue weighted by Crippen LogP contribution is -2.48. The summed E-state index contributed by atoms with van der Waals surface area (Å²) in [7, 11) is 0. The molecule has 1 aliphatic rings. The third-order valence-corrected chi connectivity index (χ3v) is 4.85. The first-order valence-corrected chi connectivity index (χ1v) is 9.28. The van der Waals surface area contributed by atoms with Crippen molar-refractivity contribution in [1.29, 1.82) is 0 Å². The van der Waals surface area contributed by atoms with Gasteiger partial charge in [0.2, 0.25) is 0 Å². The zero-order chi connectivity index (χ0) is 19.3. The number of nitrogens with one attached hydrogen (secondary N) is 1. The van der Waals surface area contributed by atoms with Crippen molar-refractivity contribution >= 4 is 23.1 Å². The van der Waals surface area contributed by atoms with Crippen LogP contribution in [0.15, 0.2) is 72.9 Å². The van der Waals surface area contributed by atoms with E-state index in [-0.39, 0.29) is 11.7 Å². The van der Waals surface area contributed by atoms with Crippen molar-refractivity contribution in [2.45, 2.75) is 0 Å². The molecule has 0 unspecified atom stereocenters. The summed E-state index contributed by atoms with van der Waals surface area (Å²) in [5.74, 6) is -0.120. The van der Waals surface area contributed by atoms with Gasteiger partial charge in [-0.3, -0.25) is 4.79 Å². The molecule has 2 heterocycles. The molecule has 1 aliphatic heterocycles. The topological polar surface area (TPSA) is 48.5 Å². The van der Waals surface area contributed by atoms with Crippen molar-refractivity contribution in [3.63, 3.8) is 0 Å².